The average Bonchev–Trinajstić information content (AvgIpc) is 3.19. The highest BCUT2D eigenvalue weighted by atomic mass is 32.2. The molecule has 1 aromatic heterocycles. The number of aryl methyl sites for hydroxylation is 3. The van der Waals surface area contributed by atoms with Crippen LogP contribution in [-0.2, 0) is 14.8 Å². The van der Waals surface area contributed by atoms with E-state index >= 15 is 0 Å². The molecule has 0 aliphatic rings. The van der Waals surface area contributed by atoms with E-state index < -0.39 is 33.1 Å². The number of hydrogen-bond acceptors (Lipinski definition) is 6. The summed E-state index contributed by atoms with van der Waals surface area (Å²) in [5.41, 5.74) is 7.64. The van der Waals surface area contributed by atoms with Gasteiger partial charge in [0.25, 0.3) is 21.6 Å². The van der Waals surface area contributed by atoms with Crippen molar-refractivity contribution in [2.24, 2.45) is 5.10 Å². The van der Waals surface area contributed by atoms with Crippen LogP contribution in [0, 0.1) is 37.8 Å². The minimum Gasteiger partial charge on any atom is -0.318 e. The van der Waals surface area contributed by atoms with Crippen LogP contribution in [0.4, 0.5) is 11.4 Å². The van der Waals surface area contributed by atoms with Gasteiger partial charge in [0.05, 0.1) is 16.0 Å². The van der Waals surface area contributed by atoms with Crippen LogP contribution in [0.1, 0.15) is 28.1 Å². The van der Waals surface area contributed by atoms with Crippen LogP contribution in [-0.4, -0.2) is 36.6 Å². The third-order valence-electron chi connectivity index (χ3n) is 6.29. The fourth-order valence-electron chi connectivity index (χ4n) is 4.58. The Hall–Kier alpha value is -4.77. The Bertz CT molecular complexity index is 1690. The van der Waals surface area contributed by atoms with E-state index in [4.69, 9.17) is 0 Å². The number of carbonyl (C=O) groups excluding carboxylic acids is 1. The van der Waals surface area contributed by atoms with Gasteiger partial charge < -0.3 is 4.57 Å². The molecule has 0 unspecified atom stereocenters. The lowest BCUT2D eigenvalue weighted by Crippen LogP contribution is -2.39. The van der Waals surface area contributed by atoms with Crippen molar-refractivity contribution in [3.63, 3.8) is 0 Å². The van der Waals surface area contributed by atoms with Gasteiger partial charge in [-0.05, 0) is 75.2 Å². The molecule has 0 radical (unpaired) electrons. The van der Waals surface area contributed by atoms with E-state index in [2.05, 4.69) is 33.3 Å². The highest BCUT2D eigenvalue weighted by Gasteiger charge is 2.31. The molecule has 10 nitrogen and oxygen atoms in total. The summed E-state index contributed by atoms with van der Waals surface area (Å²) in [4.78, 5) is 23.8. The number of hydrogen-bond donors (Lipinski definition) is 1. The van der Waals surface area contributed by atoms with E-state index in [1.54, 1.807) is 6.07 Å². The number of para-hydroxylation sites is 2. The molecule has 0 saturated heterocycles. The van der Waals surface area contributed by atoms with Crippen LogP contribution in [0.5, 0.6) is 0 Å². The fourth-order valence-corrected chi connectivity index (χ4v) is 6.04. The van der Waals surface area contributed by atoms with E-state index in [1.807, 2.05) is 33.8 Å². The minimum absolute atomic E-state index is 0.108. The predicted octanol–water partition coefficient (Wildman–Crippen LogP) is 4.96. The molecule has 1 N–H and O–H groups in total. The Morgan fingerprint density at radius 1 is 0.975 bits per heavy atom. The van der Waals surface area contributed by atoms with Gasteiger partial charge in [0.1, 0.15) is 12.2 Å². The second-order valence-electron chi connectivity index (χ2n) is 9.37. The van der Waals surface area contributed by atoms with Crippen molar-refractivity contribution in [3.8, 4) is 5.69 Å². The summed E-state index contributed by atoms with van der Waals surface area (Å²) >= 11 is 0. The van der Waals surface area contributed by atoms with Gasteiger partial charge in [0.15, 0.2) is 0 Å². The van der Waals surface area contributed by atoms with Crippen molar-refractivity contribution < 1.29 is 18.1 Å². The summed E-state index contributed by atoms with van der Waals surface area (Å²) in [5.74, 6) is -0.767. The zero-order valence-electron chi connectivity index (χ0n) is 22.5. The molecule has 0 aliphatic carbocycles. The maximum Gasteiger partial charge on any atom is 0.293 e. The number of anilines is 1. The first kappa shape index (κ1) is 28.2. The molecular formula is C29H29N5O5S. The van der Waals surface area contributed by atoms with Crippen LogP contribution in [0.3, 0.4) is 0 Å². The van der Waals surface area contributed by atoms with Crippen molar-refractivity contribution in [2.45, 2.75) is 32.6 Å². The molecule has 3 aromatic carbocycles. The number of amides is 1. The van der Waals surface area contributed by atoms with Crippen molar-refractivity contribution in [1.82, 2.24) is 9.99 Å². The number of nitro groups is 1. The molecule has 206 valence electrons. The first-order valence-electron chi connectivity index (χ1n) is 12.4. The van der Waals surface area contributed by atoms with Gasteiger partial charge in [-0.25, -0.2) is 18.1 Å². The number of benzene rings is 3. The summed E-state index contributed by atoms with van der Waals surface area (Å²) in [6.07, 6.45) is 1.49. The van der Waals surface area contributed by atoms with Crippen LogP contribution in [0.25, 0.3) is 5.69 Å². The van der Waals surface area contributed by atoms with Gasteiger partial charge in [-0.3, -0.25) is 14.9 Å². The SMILES string of the molecule is Cc1cc(C)cc(-n2c(C)cc(C=NNC(=O)CN(c3ccccc3[N+](=O)[O-])S(=O)(=O)c3ccccc3)c2C)c1. The maximum absolute atomic E-state index is 13.5. The molecule has 4 aromatic rings. The molecule has 40 heavy (non-hydrogen) atoms. The zero-order chi connectivity index (χ0) is 29.0. The Labute approximate surface area is 232 Å². The number of sulfonamides is 1. The third-order valence-corrected chi connectivity index (χ3v) is 8.07. The summed E-state index contributed by atoms with van der Waals surface area (Å²) in [5, 5.41) is 15.7. The highest BCUT2D eigenvalue weighted by Crippen LogP contribution is 2.32. The number of rotatable bonds is 9. The van der Waals surface area contributed by atoms with E-state index in [9.17, 15) is 23.3 Å². The molecule has 0 spiro atoms. The molecular weight excluding hydrogens is 530 g/mol. The van der Waals surface area contributed by atoms with Crippen LogP contribution >= 0.6 is 0 Å². The lowest BCUT2D eigenvalue weighted by Gasteiger charge is -2.23. The van der Waals surface area contributed by atoms with Gasteiger partial charge in [0, 0.05) is 28.7 Å². The van der Waals surface area contributed by atoms with E-state index in [0.717, 1.165) is 38.1 Å². The summed E-state index contributed by atoms with van der Waals surface area (Å²) < 4.78 is 29.8. The topological polar surface area (TPSA) is 127 Å². The lowest BCUT2D eigenvalue weighted by molar-refractivity contribution is -0.384. The van der Waals surface area contributed by atoms with Gasteiger partial charge in [-0.2, -0.15) is 5.10 Å². The standard InChI is InChI=1S/C29H29N5O5S/c1-20-14-21(2)16-25(15-20)33-22(3)17-24(23(33)4)18-30-31-29(35)19-32(27-12-8-9-13-28(27)34(36)37)40(38,39)26-10-6-5-7-11-26/h5-18H,19H2,1-4H3,(H,31,35). The normalized spacial score (nSPS) is 11.5. The zero-order valence-corrected chi connectivity index (χ0v) is 23.3. The quantitative estimate of drug-likeness (QED) is 0.176. The summed E-state index contributed by atoms with van der Waals surface area (Å²) in [6, 6.07) is 21.0. The molecule has 0 saturated carbocycles. The number of hydrazone groups is 1. The third kappa shape index (κ3) is 5.94. The van der Waals surface area contributed by atoms with Crippen molar-refractivity contribution >= 4 is 33.5 Å². The van der Waals surface area contributed by atoms with Gasteiger partial charge in [-0.15, -0.1) is 0 Å². The summed E-state index contributed by atoms with van der Waals surface area (Å²) in [6.45, 7) is 7.26. The largest absolute Gasteiger partial charge is 0.318 e. The summed E-state index contributed by atoms with van der Waals surface area (Å²) in [7, 11) is -4.32. The second kappa shape index (κ2) is 11.5. The first-order chi connectivity index (χ1) is 19.0. The van der Waals surface area contributed by atoms with Crippen molar-refractivity contribution in [2.75, 3.05) is 10.8 Å². The van der Waals surface area contributed by atoms with Crippen molar-refractivity contribution in [1.29, 1.82) is 0 Å². The molecule has 0 aliphatic heterocycles. The van der Waals surface area contributed by atoms with Gasteiger partial charge in [-0.1, -0.05) is 36.4 Å². The predicted molar refractivity (Wildman–Crippen MR) is 155 cm³/mol. The van der Waals surface area contributed by atoms with Gasteiger partial charge >= 0.3 is 0 Å². The Balaban J connectivity index is 1.60. The smallest absolute Gasteiger partial charge is 0.293 e. The Morgan fingerprint density at radius 3 is 2.25 bits per heavy atom. The average molecular weight is 560 g/mol. The molecule has 1 heterocycles. The number of carbonyl (C=O) groups is 1. The number of nitrogens with zero attached hydrogens (tertiary/aromatic N) is 4. The Morgan fingerprint density at radius 2 is 1.60 bits per heavy atom. The molecule has 0 atom stereocenters. The number of nitro benzene ring substituents is 1. The maximum atomic E-state index is 13.5. The molecule has 0 fully saturated rings. The first-order valence-corrected chi connectivity index (χ1v) is 13.8. The van der Waals surface area contributed by atoms with E-state index in [-0.39, 0.29) is 10.6 Å². The fraction of sp³-hybridized carbons (Fsp3) is 0.172. The molecule has 4 rings (SSSR count). The second-order valence-corrected chi connectivity index (χ2v) is 11.2. The van der Waals surface area contributed by atoms with Crippen LogP contribution in [0.2, 0.25) is 0 Å². The van der Waals surface area contributed by atoms with E-state index in [0.29, 0.717) is 0 Å². The van der Waals surface area contributed by atoms with E-state index in [1.165, 1.54) is 54.7 Å². The molecule has 1 amide bonds. The van der Waals surface area contributed by atoms with Crippen LogP contribution < -0.4 is 9.73 Å². The number of nitrogens with one attached hydrogen (secondary N) is 1. The minimum atomic E-state index is -4.32. The van der Waals surface area contributed by atoms with Gasteiger partial charge in [0.2, 0.25) is 0 Å². The number of aromatic nitrogens is 1. The van der Waals surface area contributed by atoms with Crippen molar-refractivity contribution in [3.05, 3.63) is 117 Å². The Kier molecular flexibility index (Phi) is 8.15. The highest BCUT2D eigenvalue weighted by molar-refractivity contribution is 7.92. The molecule has 0 bridgehead atoms. The molecule has 11 heteroatoms. The van der Waals surface area contributed by atoms with Crippen LogP contribution in [0.15, 0.2) is 88.9 Å². The monoisotopic (exact) mass is 559 g/mol. The lowest BCUT2D eigenvalue weighted by atomic mass is 10.1.